The Kier molecular flexibility index (Phi) is 4.66. The molecule has 1 unspecified atom stereocenters. The van der Waals surface area contributed by atoms with Gasteiger partial charge in [0.1, 0.15) is 0 Å². The van der Waals surface area contributed by atoms with Crippen LogP contribution in [0, 0.1) is 11.6 Å². The number of halogens is 2. The van der Waals surface area contributed by atoms with E-state index in [1.807, 2.05) is 0 Å². The highest BCUT2D eigenvalue weighted by atomic mass is 19.2. The van der Waals surface area contributed by atoms with E-state index in [1.165, 1.54) is 31.4 Å². The first-order chi connectivity index (χ1) is 8.68. The number of ether oxygens (including phenoxy) is 1. The molecule has 0 saturated heterocycles. The third kappa shape index (κ3) is 3.27. The molecule has 2 rings (SSSR count). The van der Waals surface area contributed by atoms with E-state index in [2.05, 4.69) is 0 Å². The Balaban J connectivity index is 1.90. The van der Waals surface area contributed by atoms with Gasteiger partial charge < -0.3 is 10.5 Å². The molecule has 0 aliphatic heterocycles. The van der Waals surface area contributed by atoms with Gasteiger partial charge in [0.15, 0.2) is 11.6 Å². The molecule has 2 nitrogen and oxygen atoms in total. The highest BCUT2D eigenvalue weighted by Crippen LogP contribution is 2.23. The molecule has 4 heteroatoms. The highest BCUT2D eigenvalue weighted by molar-refractivity contribution is 5.22. The molecule has 0 aromatic heterocycles. The molecule has 0 spiro atoms. The lowest BCUT2D eigenvalue weighted by molar-refractivity contribution is 0.0201. The minimum Gasteiger partial charge on any atom is -0.376 e. The van der Waals surface area contributed by atoms with E-state index in [-0.39, 0.29) is 18.3 Å². The van der Waals surface area contributed by atoms with Gasteiger partial charge in [-0.25, -0.2) is 8.78 Å². The van der Waals surface area contributed by atoms with Crippen molar-refractivity contribution in [2.24, 2.45) is 5.73 Å². The van der Waals surface area contributed by atoms with E-state index in [1.54, 1.807) is 0 Å². The summed E-state index contributed by atoms with van der Waals surface area (Å²) in [5.74, 6) is -1.72. The number of benzene rings is 1. The SMILES string of the molecule is NC(COC1CCCCC1)c1cccc(F)c1F. The van der Waals surface area contributed by atoms with Crippen molar-refractivity contribution in [1.29, 1.82) is 0 Å². The Morgan fingerprint density at radius 2 is 1.94 bits per heavy atom. The van der Waals surface area contributed by atoms with Crippen molar-refractivity contribution < 1.29 is 13.5 Å². The van der Waals surface area contributed by atoms with Gasteiger partial charge in [-0.1, -0.05) is 31.4 Å². The molecule has 0 amide bonds. The summed E-state index contributed by atoms with van der Waals surface area (Å²) in [5, 5.41) is 0. The fraction of sp³-hybridized carbons (Fsp3) is 0.571. The zero-order valence-corrected chi connectivity index (χ0v) is 10.4. The van der Waals surface area contributed by atoms with Gasteiger partial charge >= 0.3 is 0 Å². The molecule has 100 valence electrons. The minimum atomic E-state index is -0.864. The van der Waals surface area contributed by atoms with Gasteiger partial charge in [-0.05, 0) is 18.9 Å². The van der Waals surface area contributed by atoms with Crippen molar-refractivity contribution in [2.75, 3.05) is 6.61 Å². The summed E-state index contributed by atoms with van der Waals surface area (Å²) in [5.41, 5.74) is 6.04. The number of hydrogen-bond acceptors (Lipinski definition) is 2. The predicted octanol–water partition coefficient (Wildman–Crippen LogP) is 3.31. The van der Waals surface area contributed by atoms with Crippen molar-refractivity contribution in [1.82, 2.24) is 0 Å². The van der Waals surface area contributed by atoms with Gasteiger partial charge in [0.05, 0.1) is 18.8 Å². The lowest BCUT2D eigenvalue weighted by Crippen LogP contribution is -2.24. The van der Waals surface area contributed by atoms with Crippen LogP contribution in [0.3, 0.4) is 0 Å². The Labute approximate surface area is 106 Å². The number of nitrogens with two attached hydrogens (primary N) is 1. The van der Waals surface area contributed by atoms with Crippen LogP contribution in [0.2, 0.25) is 0 Å². The topological polar surface area (TPSA) is 35.2 Å². The van der Waals surface area contributed by atoms with Gasteiger partial charge in [-0.2, -0.15) is 0 Å². The van der Waals surface area contributed by atoms with Crippen LogP contribution >= 0.6 is 0 Å². The fourth-order valence-corrected chi connectivity index (χ4v) is 2.37. The van der Waals surface area contributed by atoms with E-state index >= 15 is 0 Å². The second-order valence-corrected chi connectivity index (χ2v) is 4.84. The third-order valence-corrected chi connectivity index (χ3v) is 3.44. The maximum Gasteiger partial charge on any atom is 0.163 e. The van der Waals surface area contributed by atoms with Crippen LogP contribution in [0.25, 0.3) is 0 Å². The molecular weight excluding hydrogens is 236 g/mol. The monoisotopic (exact) mass is 255 g/mol. The molecule has 1 saturated carbocycles. The van der Waals surface area contributed by atoms with Crippen LogP contribution in [-0.4, -0.2) is 12.7 Å². The lowest BCUT2D eigenvalue weighted by Gasteiger charge is -2.24. The predicted molar refractivity (Wildman–Crippen MR) is 66.1 cm³/mol. The van der Waals surface area contributed by atoms with Crippen molar-refractivity contribution in [3.05, 3.63) is 35.4 Å². The summed E-state index contributed by atoms with van der Waals surface area (Å²) >= 11 is 0. The van der Waals surface area contributed by atoms with Crippen LogP contribution in [0.1, 0.15) is 43.7 Å². The van der Waals surface area contributed by atoms with Crippen molar-refractivity contribution in [2.45, 2.75) is 44.2 Å². The average molecular weight is 255 g/mol. The molecule has 0 bridgehead atoms. The second-order valence-electron chi connectivity index (χ2n) is 4.84. The molecule has 0 heterocycles. The van der Waals surface area contributed by atoms with Gasteiger partial charge in [0.25, 0.3) is 0 Å². The van der Waals surface area contributed by atoms with Crippen LogP contribution in [0.15, 0.2) is 18.2 Å². The van der Waals surface area contributed by atoms with Crippen LogP contribution < -0.4 is 5.73 Å². The summed E-state index contributed by atoms with van der Waals surface area (Å²) in [7, 11) is 0. The summed E-state index contributed by atoms with van der Waals surface area (Å²) in [6, 6.07) is 3.46. The highest BCUT2D eigenvalue weighted by Gasteiger charge is 2.18. The molecule has 1 aliphatic carbocycles. The van der Waals surface area contributed by atoms with Gasteiger partial charge in [0.2, 0.25) is 0 Å². The molecule has 1 aliphatic rings. The summed E-state index contributed by atoms with van der Waals surface area (Å²) < 4.78 is 32.3. The van der Waals surface area contributed by atoms with Crippen molar-refractivity contribution >= 4 is 0 Å². The molecule has 18 heavy (non-hydrogen) atoms. The Morgan fingerprint density at radius 1 is 1.22 bits per heavy atom. The fourth-order valence-electron chi connectivity index (χ4n) is 2.37. The second kappa shape index (κ2) is 6.25. The van der Waals surface area contributed by atoms with Crippen molar-refractivity contribution in [3.63, 3.8) is 0 Å². The minimum absolute atomic E-state index is 0.186. The molecular formula is C14H19F2NO. The largest absolute Gasteiger partial charge is 0.376 e. The Hall–Kier alpha value is -1.00. The average Bonchev–Trinajstić information content (AvgIpc) is 2.40. The van der Waals surface area contributed by atoms with E-state index in [4.69, 9.17) is 10.5 Å². The summed E-state index contributed by atoms with van der Waals surface area (Å²) in [6.45, 7) is 0.241. The smallest absolute Gasteiger partial charge is 0.163 e. The summed E-state index contributed by atoms with van der Waals surface area (Å²) in [6.07, 6.45) is 5.91. The molecule has 1 aromatic carbocycles. The van der Waals surface area contributed by atoms with E-state index in [0.29, 0.717) is 0 Å². The molecule has 0 radical (unpaired) electrons. The molecule has 1 atom stereocenters. The normalized spacial score (nSPS) is 18.8. The van der Waals surface area contributed by atoms with Gasteiger partial charge in [-0.15, -0.1) is 0 Å². The summed E-state index contributed by atoms with van der Waals surface area (Å²) in [4.78, 5) is 0. The van der Waals surface area contributed by atoms with Gasteiger partial charge in [-0.3, -0.25) is 0 Å². The number of hydrogen-bond donors (Lipinski definition) is 1. The first-order valence-corrected chi connectivity index (χ1v) is 6.49. The van der Waals surface area contributed by atoms with E-state index < -0.39 is 17.7 Å². The zero-order chi connectivity index (χ0) is 13.0. The van der Waals surface area contributed by atoms with Crippen LogP contribution in [0.5, 0.6) is 0 Å². The molecule has 1 aromatic rings. The number of rotatable bonds is 4. The maximum absolute atomic E-state index is 13.5. The quantitative estimate of drug-likeness (QED) is 0.895. The van der Waals surface area contributed by atoms with Crippen LogP contribution in [0.4, 0.5) is 8.78 Å². The molecule has 2 N–H and O–H groups in total. The van der Waals surface area contributed by atoms with E-state index in [0.717, 1.165) is 18.9 Å². The third-order valence-electron chi connectivity index (χ3n) is 3.44. The Morgan fingerprint density at radius 3 is 2.67 bits per heavy atom. The van der Waals surface area contributed by atoms with Crippen molar-refractivity contribution in [3.8, 4) is 0 Å². The maximum atomic E-state index is 13.5. The first kappa shape index (κ1) is 13.4. The van der Waals surface area contributed by atoms with E-state index in [9.17, 15) is 8.78 Å². The lowest BCUT2D eigenvalue weighted by atomic mass is 9.97. The zero-order valence-electron chi connectivity index (χ0n) is 10.4. The molecule has 1 fully saturated rings. The first-order valence-electron chi connectivity index (χ1n) is 6.49. The van der Waals surface area contributed by atoms with Gasteiger partial charge in [0, 0.05) is 5.56 Å². The van der Waals surface area contributed by atoms with Crippen LogP contribution in [-0.2, 0) is 4.74 Å². The Bertz CT molecular complexity index is 391. The standard InChI is InChI=1S/C14H19F2NO/c15-12-8-4-7-11(14(12)16)13(17)9-18-10-5-2-1-3-6-10/h4,7-8,10,13H,1-3,5-6,9,17H2.